The summed E-state index contributed by atoms with van der Waals surface area (Å²) in [6.45, 7) is 0. The number of carbonyl (C=O) groups is 1. The van der Waals surface area contributed by atoms with Gasteiger partial charge in [0.25, 0.3) is 5.91 Å². The van der Waals surface area contributed by atoms with E-state index >= 15 is 0 Å². The lowest BCUT2D eigenvalue weighted by atomic mass is 10.3. The topological polar surface area (TPSA) is 97.6 Å². The van der Waals surface area contributed by atoms with Gasteiger partial charge in [-0.3, -0.25) is 14.3 Å². The Bertz CT molecular complexity index is 581. The van der Waals surface area contributed by atoms with E-state index in [1.807, 2.05) is 6.07 Å². The first-order valence-corrected chi connectivity index (χ1v) is 4.42. The largest absolute Gasteiger partial charge is 0.364 e. The van der Waals surface area contributed by atoms with Gasteiger partial charge in [0.1, 0.15) is 11.8 Å². The molecule has 16 heavy (non-hydrogen) atoms. The Balaban J connectivity index is 2.53. The molecule has 2 N–H and O–H groups in total. The number of aromatic nitrogens is 3. The first-order chi connectivity index (χ1) is 7.72. The molecule has 2 rings (SSSR count). The smallest absolute Gasteiger partial charge is 0.267 e. The van der Waals surface area contributed by atoms with Crippen LogP contribution in [0.2, 0.25) is 0 Å². The third-order valence-corrected chi connectivity index (χ3v) is 2.01. The van der Waals surface area contributed by atoms with Gasteiger partial charge in [-0.05, 0) is 12.1 Å². The van der Waals surface area contributed by atoms with E-state index in [1.165, 1.54) is 18.5 Å². The molecule has 0 aliphatic rings. The molecule has 6 nitrogen and oxygen atoms in total. The van der Waals surface area contributed by atoms with E-state index in [9.17, 15) is 4.79 Å². The number of carbonyl (C=O) groups excluding carboxylic acids is 1. The fourth-order valence-electron chi connectivity index (χ4n) is 1.30. The van der Waals surface area contributed by atoms with Gasteiger partial charge in [0.2, 0.25) is 5.82 Å². The van der Waals surface area contributed by atoms with Crippen LogP contribution >= 0.6 is 0 Å². The number of imidazole rings is 1. The van der Waals surface area contributed by atoms with E-state index in [0.29, 0.717) is 5.69 Å². The fourth-order valence-corrected chi connectivity index (χ4v) is 1.30. The first-order valence-electron chi connectivity index (χ1n) is 4.42. The van der Waals surface area contributed by atoms with Gasteiger partial charge in [-0.25, -0.2) is 4.98 Å². The number of nitriles is 1. The number of rotatable bonds is 2. The van der Waals surface area contributed by atoms with Gasteiger partial charge in [-0.2, -0.15) is 5.26 Å². The summed E-state index contributed by atoms with van der Waals surface area (Å²) in [4.78, 5) is 18.6. The molecule has 0 unspecified atom stereocenters. The summed E-state index contributed by atoms with van der Waals surface area (Å²) < 4.78 is 1.55. The van der Waals surface area contributed by atoms with Crippen LogP contribution in [-0.2, 0) is 0 Å². The minimum absolute atomic E-state index is 0.148. The molecule has 1 amide bonds. The molecule has 0 radical (unpaired) electrons. The Morgan fingerprint density at radius 3 is 2.94 bits per heavy atom. The molecule has 0 saturated heterocycles. The average Bonchev–Trinajstić information content (AvgIpc) is 2.77. The number of nitrogens with zero attached hydrogens (tertiary/aromatic N) is 4. The molecule has 0 saturated carbocycles. The van der Waals surface area contributed by atoms with Crippen molar-refractivity contribution >= 4 is 5.91 Å². The van der Waals surface area contributed by atoms with Crippen LogP contribution in [0.1, 0.15) is 16.3 Å². The van der Waals surface area contributed by atoms with Gasteiger partial charge >= 0.3 is 0 Å². The van der Waals surface area contributed by atoms with E-state index in [1.54, 1.807) is 16.8 Å². The maximum atomic E-state index is 10.9. The Morgan fingerprint density at radius 2 is 2.25 bits per heavy atom. The van der Waals surface area contributed by atoms with Crippen LogP contribution < -0.4 is 5.73 Å². The maximum absolute atomic E-state index is 10.9. The molecule has 0 bridgehead atoms. The van der Waals surface area contributed by atoms with Gasteiger partial charge in [0, 0.05) is 18.6 Å². The molecule has 0 aliphatic heterocycles. The lowest BCUT2D eigenvalue weighted by molar-refractivity contribution is 0.0995. The summed E-state index contributed by atoms with van der Waals surface area (Å²) in [7, 11) is 0. The van der Waals surface area contributed by atoms with Crippen molar-refractivity contribution in [1.82, 2.24) is 14.5 Å². The lowest BCUT2D eigenvalue weighted by Crippen LogP contribution is -2.13. The molecule has 2 aromatic rings. The SMILES string of the molecule is N#Cc1nccn1-c1ccnc(C(N)=O)c1. The normalized spacial score (nSPS) is 9.69. The number of pyridine rings is 1. The molecule has 0 fully saturated rings. The standard InChI is InChI=1S/C10H7N5O/c11-6-9-14-3-4-15(9)7-1-2-13-8(5-7)10(12)16/h1-5H,(H2,12,16). The quantitative estimate of drug-likeness (QED) is 0.772. The molecule has 78 valence electrons. The van der Waals surface area contributed by atoms with Crippen molar-refractivity contribution in [1.29, 1.82) is 5.26 Å². The molecule has 0 atom stereocenters. The van der Waals surface area contributed by atoms with Crippen molar-refractivity contribution in [2.45, 2.75) is 0 Å². The van der Waals surface area contributed by atoms with Crippen LogP contribution in [0.5, 0.6) is 0 Å². The molecule has 2 aromatic heterocycles. The summed E-state index contributed by atoms with van der Waals surface area (Å²) in [5, 5.41) is 8.81. The zero-order valence-electron chi connectivity index (χ0n) is 8.16. The zero-order valence-corrected chi connectivity index (χ0v) is 8.16. The molecule has 6 heteroatoms. The molecular formula is C10H7N5O. The van der Waals surface area contributed by atoms with E-state index in [0.717, 1.165) is 0 Å². The molecule has 0 spiro atoms. The van der Waals surface area contributed by atoms with Gasteiger partial charge in [0.05, 0.1) is 5.69 Å². The van der Waals surface area contributed by atoms with Crippen molar-refractivity contribution < 1.29 is 4.79 Å². The Kier molecular flexibility index (Phi) is 2.36. The van der Waals surface area contributed by atoms with Crippen molar-refractivity contribution in [3.05, 3.63) is 42.2 Å². The van der Waals surface area contributed by atoms with Gasteiger partial charge in [-0.1, -0.05) is 0 Å². The number of primary amides is 1. The van der Waals surface area contributed by atoms with Crippen LogP contribution in [0.15, 0.2) is 30.7 Å². The predicted octanol–water partition coefficient (Wildman–Crippen LogP) is 0.238. The van der Waals surface area contributed by atoms with Crippen molar-refractivity contribution in [3.8, 4) is 11.8 Å². The van der Waals surface area contributed by atoms with Crippen LogP contribution in [0, 0.1) is 11.3 Å². The summed E-state index contributed by atoms with van der Waals surface area (Å²) >= 11 is 0. The fraction of sp³-hybridized carbons (Fsp3) is 0. The number of amides is 1. The molecule has 2 heterocycles. The summed E-state index contributed by atoms with van der Waals surface area (Å²) in [6, 6.07) is 5.10. The molecular weight excluding hydrogens is 206 g/mol. The van der Waals surface area contributed by atoms with Crippen LogP contribution in [0.25, 0.3) is 5.69 Å². The Morgan fingerprint density at radius 1 is 1.44 bits per heavy atom. The second-order valence-electron chi connectivity index (χ2n) is 3.00. The van der Waals surface area contributed by atoms with Gasteiger partial charge in [-0.15, -0.1) is 0 Å². The molecule has 0 aromatic carbocycles. The number of hydrogen-bond donors (Lipinski definition) is 1. The zero-order chi connectivity index (χ0) is 11.5. The monoisotopic (exact) mass is 213 g/mol. The first kappa shape index (κ1) is 9.86. The second kappa shape index (κ2) is 3.82. The number of hydrogen-bond acceptors (Lipinski definition) is 4. The Hall–Kier alpha value is -2.68. The second-order valence-corrected chi connectivity index (χ2v) is 3.00. The van der Waals surface area contributed by atoms with Crippen molar-refractivity contribution in [2.75, 3.05) is 0 Å². The highest BCUT2D eigenvalue weighted by Gasteiger charge is 2.07. The highest BCUT2D eigenvalue weighted by Crippen LogP contribution is 2.10. The highest BCUT2D eigenvalue weighted by atomic mass is 16.1. The van der Waals surface area contributed by atoms with Crippen LogP contribution in [-0.4, -0.2) is 20.4 Å². The number of nitrogens with two attached hydrogens (primary N) is 1. The van der Waals surface area contributed by atoms with E-state index in [4.69, 9.17) is 11.0 Å². The van der Waals surface area contributed by atoms with Crippen molar-refractivity contribution in [2.24, 2.45) is 5.73 Å². The summed E-state index contributed by atoms with van der Waals surface area (Å²) in [5.74, 6) is -0.373. The minimum atomic E-state index is -0.611. The summed E-state index contributed by atoms with van der Waals surface area (Å²) in [5.41, 5.74) is 5.89. The van der Waals surface area contributed by atoms with Gasteiger partial charge in [0.15, 0.2) is 0 Å². The molecule has 0 aliphatic carbocycles. The van der Waals surface area contributed by atoms with E-state index in [-0.39, 0.29) is 11.5 Å². The van der Waals surface area contributed by atoms with E-state index in [2.05, 4.69) is 9.97 Å². The third-order valence-electron chi connectivity index (χ3n) is 2.01. The van der Waals surface area contributed by atoms with Crippen LogP contribution in [0.4, 0.5) is 0 Å². The third kappa shape index (κ3) is 1.62. The minimum Gasteiger partial charge on any atom is -0.364 e. The summed E-state index contributed by atoms with van der Waals surface area (Å²) in [6.07, 6.45) is 4.58. The van der Waals surface area contributed by atoms with Crippen molar-refractivity contribution in [3.63, 3.8) is 0 Å². The van der Waals surface area contributed by atoms with Crippen LogP contribution in [0.3, 0.4) is 0 Å². The Labute approximate surface area is 91.0 Å². The van der Waals surface area contributed by atoms with E-state index < -0.39 is 5.91 Å². The highest BCUT2D eigenvalue weighted by molar-refractivity contribution is 5.91. The van der Waals surface area contributed by atoms with Gasteiger partial charge < -0.3 is 5.73 Å². The average molecular weight is 213 g/mol. The predicted molar refractivity (Wildman–Crippen MR) is 54.6 cm³/mol. The lowest BCUT2D eigenvalue weighted by Gasteiger charge is -2.03. The maximum Gasteiger partial charge on any atom is 0.267 e.